The Balaban J connectivity index is 2.04. The van der Waals surface area contributed by atoms with Crippen molar-refractivity contribution in [3.63, 3.8) is 0 Å². The van der Waals surface area contributed by atoms with Crippen molar-refractivity contribution in [2.24, 2.45) is 5.92 Å². The molecule has 0 spiro atoms. The molecule has 0 saturated carbocycles. The Morgan fingerprint density at radius 3 is 3.06 bits per heavy atom. The molecule has 0 aromatic carbocycles. The van der Waals surface area contributed by atoms with Crippen molar-refractivity contribution >= 4 is 22.4 Å². The summed E-state index contributed by atoms with van der Waals surface area (Å²) in [5.74, 6) is 0.813. The second kappa shape index (κ2) is 4.82. The quantitative estimate of drug-likeness (QED) is 0.815. The van der Waals surface area contributed by atoms with Crippen molar-refractivity contribution in [1.29, 1.82) is 0 Å². The largest absolute Gasteiger partial charge is 0.375 e. The topological polar surface area (TPSA) is 59.2 Å². The fraction of sp³-hybridized carbons (Fsp3) is 0.636. The third-order valence-corrected chi connectivity index (χ3v) is 3.85. The number of thiazole rings is 1. The van der Waals surface area contributed by atoms with E-state index in [9.17, 15) is 4.79 Å². The van der Waals surface area contributed by atoms with Gasteiger partial charge < -0.3 is 10.6 Å². The molecule has 0 aliphatic carbocycles. The lowest BCUT2D eigenvalue weighted by atomic mass is 10.0. The van der Waals surface area contributed by atoms with Gasteiger partial charge in [-0.2, -0.15) is 0 Å². The summed E-state index contributed by atoms with van der Waals surface area (Å²) < 4.78 is 0. The Kier molecular flexibility index (Phi) is 3.43. The van der Waals surface area contributed by atoms with Gasteiger partial charge in [-0.15, -0.1) is 0 Å². The van der Waals surface area contributed by atoms with Crippen LogP contribution in [0.15, 0.2) is 6.20 Å². The van der Waals surface area contributed by atoms with Gasteiger partial charge in [0.05, 0.1) is 6.20 Å². The Morgan fingerprint density at radius 2 is 2.38 bits per heavy atom. The molecule has 5 heteroatoms. The molecule has 1 saturated heterocycles. The number of aromatic nitrogens is 1. The molecular formula is C11H17N3OS. The molecule has 16 heavy (non-hydrogen) atoms. The number of rotatable bonds is 1. The summed E-state index contributed by atoms with van der Waals surface area (Å²) in [6, 6.07) is 0. The molecule has 2 rings (SSSR count). The number of likely N-dealkylation sites (tertiary alicyclic amines) is 1. The molecule has 0 bridgehead atoms. The molecular weight excluding hydrogens is 222 g/mol. The van der Waals surface area contributed by atoms with Crippen LogP contribution in [0.4, 0.5) is 5.13 Å². The maximum absolute atomic E-state index is 12.1. The van der Waals surface area contributed by atoms with Crippen LogP contribution in [0.2, 0.25) is 0 Å². The van der Waals surface area contributed by atoms with E-state index in [-0.39, 0.29) is 5.91 Å². The van der Waals surface area contributed by atoms with Crippen LogP contribution in [-0.2, 0) is 0 Å². The Labute approximate surface area is 99.5 Å². The zero-order valence-electron chi connectivity index (χ0n) is 9.48. The van der Waals surface area contributed by atoms with Gasteiger partial charge in [0, 0.05) is 13.1 Å². The summed E-state index contributed by atoms with van der Waals surface area (Å²) in [4.78, 5) is 18.6. The van der Waals surface area contributed by atoms with E-state index in [1.165, 1.54) is 17.8 Å². The maximum atomic E-state index is 12.1. The predicted octanol–water partition coefficient (Wildman–Crippen LogP) is 1.99. The summed E-state index contributed by atoms with van der Waals surface area (Å²) in [5, 5.41) is 0.464. The van der Waals surface area contributed by atoms with Gasteiger partial charge in [0.25, 0.3) is 5.91 Å². The molecule has 1 atom stereocenters. The van der Waals surface area contributed by atoms with Crippen molar-refractivity contribution in [3.8, 4) is 0 Å². The second-order valence-electron chi connectivity index (χ2n) is 4.39. The van der Waals surface area contributed by atoms with Gasteiger partial charge in [-0.05, 0) is 25.2 Å². The standard InChI is InChI=1S/C11H17N3OS/c1-8-3-2-5-14(6-4-8)10(15)9-7-13-11(12)16-9/h7-8H,2-6H2,1H3,(H2,12,13)/t8-/m1/s1. The molecule has 1 amide bonds. The highest BCUT2D eigenvalue weighted by Gasteiger charge is 2.21. The SMILES string of the molecule is C[C@@H]1CCCN(C(=O)c2cnc(N)s2)CC1. The van der Waals surface area contributed by atoms with Crippen LogP contribution in [-0.4, -0.2) is 28.9 Å². The van der Waals surface area contributed by atoms with Gasteiger partial charge >= 0.3 is 0 Å². The minimum Gasteiger partial charge on any atom is -0.375 e. The van der Waals surface area contributed by atoms with E-state index in [0.29, 0.717) is 10.0 Å². The number of hydrogen-bond acceptors (Lipinski definition) is 4. The minimum atomic E-state index is 0.0864. The summed E-state index contributed by atoms with van der Waals surface area (Å²) in [6.07, 6.45) is 4.99. The van der Waals surface area contributed by atoms with E-state index in [1.807, 2.05) is 4.90 Å². The molecule has 1 aliphatic heterocycles. The third-order valence-electron chi connectivity index (χ3n) is 3.04. The summed E-state index contributed by atoms with van der Waals surface area (Å²) in [7, 11) is 0. The normalized spacial score (nSPS) is 21.8. The molecule has 0 radical (unpaired) electrons. The van der Waals surface area contributed by atoms with Crippen molar-refractivity contribution in [2.75, 3.05) is 18.8 Å². The van der Waals surface area contributed by atoms with E-state index >= 15 is 0 Å². The molecule has 2 N–H and O–H groups in total. The van der Waals surface area contributed by atoms with E-state index in [1.54, 1.807) is 6.20 Å². The van der Waals surface area contributed by atoms with Crippen LogP contribution in [0.1, 0.15) is 35.9 Å². The van der Waals surface area contributed by atoms with Gasteiger partial charge in [-0.3, -0.25) is 4.79 Å². The molecule has 4 nitrogen and oxygen atoms in total. The second-order valence-corrected chi connectivity index (χ2v) is 5.45. The molecule has 0 unspecified atom stereocenters. The van der Waals surface area contributed by atoms with Gasteiger partial charge in [-0.1, -0.05) is 18.3 Å². The first-order valence-corrected chi connectivity index (χ1v) is 6.49. The average molecular weight is 239 g/mol. The summed E-state index contributed by atoms with van der Waals surface area (Å²) in [5.41, 5.74) is 5.54. The summed E-state index contributed by atoms with van der Waals surface area (Å²) >= 11 is 1.27. The van der Waals surface area contributed by atoms with Crippen LogP contribution in [0, 0.1) is 5.92 Å². The number of hydrogen-bond donors (Lipinski definition) is 1. The van der Waals surface area contributed by atoms with Crippen molar-refractivity contribution in [2.45, 2.75) is 26.2 Å². The van der Waals surface area contributed by atoms with Crippen LogP contribution < -0.4 is 5.73 Å². The van der Waals surface area contributed by atoms with Crippen LogP contribution in [0.5, 0.6) is 0 Å². The first-order chi connectivity index (χ1) is 7.66. The van der Waals surface area contributed by atoms with Crippen molar-refractivity contribution in [1.82, 2.24) is 9.88 Å². The highest BCUT2D eigenvalue weighted by atomic mass is 32.1. The Bertz CT molecular complexity index is 377. The van der Waals surface area contributed by atoms with Gasteiger partial charge in [0.1, 0.15) is 4.88 Å². The van der Waals surface area contributed by atoms with E-state index < -0.39 is 0 Å². The number of anilines is 1. The monoisotopic (exact) mass is 239 g/mol. The Morgan fingerprint density at radius 1 is 1.56 bits per heavy atom. The lowest BCUT2D eigenvalue weighted by molar-refractivity contribution is 0.0765. The van der Waals surface area contributed by atoms with E-state index in [2.05, 4.69) is 11.9 Å². The van der Waals surface area contributed by atoms with Crippen LogP contribution >= 0.6 is 11.3 Å². The molecule has 2 heterocycles. The first-order valence-electron chi connectivity index (χ1n) is 5.67. The van der Waals surface area contributed by atoms with Crippen molar-refractivity contribution < 1.29 is 4.79 Å². The van der Waals surface area contributed by atoms with Crippen LogP contribution in [0.25, 0.3) is 0 Å². The van der Waals surface area contributed by atoms with Gasteiger partial charge in [0.15, 0.2) is 5.13 Å². The fourth-order valence-corrected chi connectivity index (χ4v) is 2.66. The smallest absolute Gasteiger partial charge is 0.265 e. The molecule has 1 fully saturated rings. The van der Waals surface area contributed by atoms with Gasteiger partial charge in [-0.25, -0.2) is 4.98 Å². The fourth-order valence-electron chi connectivity index (χ4n) is 2.01. The number of nitrogens with zero attached hydrogens (tertiary/aromatic N) is 2. The number of nitrogen functional groups attached to an aromatic ring is 1. The van der Waals surface area contributed by atoms with Gasteiger partial charge in [0.2, 0.25) is 0 Å². The number of nitrogens with two attached hydrogens (primary N) is 1. The molecule has 1 aromatic rings. The van der Waals surface area contributed by atoms with Crippen molar-refractivity contribution in [3.05, 3.63) is 11.1 Å². The number of amides is 1. The summed E-state index contributed by atoms with van der Waals surface area (Å²) in [6.45, 7) is 3.97. The van der Waals surface area contributed by atoms with E-state index in [0.717, 1.165) is 31.8 Å². The lowest BCUT2D eigenvalue weighted by Gasteiger charge is -2.19. The number of carbonyl (C=O) groups is 1. The minimum absolute atomic E-state index is 0.0864. The molecule has 1 aromatic heterocycles. The van der Waals surface area contributed by atoms with E-state index in [4.69, 9.17) is 5.73 Å². The third kappa shape index (κ3) is 2.52. The zero-order valence-corrected chi connectivity index (χ0v) is 10.3. The number of carbonyl (C=O) groups excluding carboxylic acids is 1. The predicted molar refractivity (Wildman–Crippen MR) is 65.4 cm³/mol. The highest BCUT2D eigenvalue weighted by molar-refractivity contribution is 7.17. The Hall–Kier alpha value is -1.10. The maximum Gasteiger partial charge on any atom is 0.265 e. The lowest BCUT2D eigenvalue weighted by Crippen LogP contribution is -2.31. The zero-order chi connectivity index (χ0) is 11.5. The average Bonchev–Trinajstić information content (AvgIpc) is 2.57. The first kappa shape index (κ1) is 11.4. The highest BCUT2D eigenvalue weighted by Crippen LogP contribution is 2.21. The molecule has 1 aliphatic rings. The van der Waals surface area contributed by atoms with Crippen LogP contribution in [0.3, 0.4) is 0 Å². The molecule has 88 valence electrons.